The van der Waals surface area contributed by atoms with E-state index in [9.17, 15) is 4.55 Å². The summed E-state index contributed by atoms with van der Waals surface area (Å²) in [7, 11) is 0. The molecule has 110 valence electrons. The number of hydrogen-bond acceptors (Lipinski definition) is 2. The molecule has 2 aliphatic heterocycles. The van der Waals surface area contributed by atoms with E-state index in [0.29, 0.717) is 11.2 Å². The van der Waals surface area contributed by atoms with Crippen molar-refractivity contribution in [2.24, 2.45) is 5.92 Å². The smallest absolute Gasteiger partial charge is 0.112 e. The summed E-state index contributed by atoms with van der Waals surface area (Å²) in [6.45, 7) is 0. The van der Waals surface area contributed by atoms with Gasteiger partial charge in [0.25, 0.3) is 0 Å². The Balaban J connectivity index is 1.52. The summed E-state index contributed by atoms with van der Waals surface area (Å²) in [5, 5.41) is 0.612. The maximum atomic E-state index is 11.7. The van der Waals surface area contributed by atoms with Gasteiger partial charge in [-0.25, -0.2) is 0 Å². The number of fused-ring (bicyclic) bond motifs is 2. The van der Waals surface area contributed by atoms with Gasteiger partial charge >= 0.3 is 0 Å². The molecule has 0 spiro atoms. The van der Waals surface area contributed by atoms with Gasteiger partial charge in [-0.15, -0.1) is 11.8 Å². The van der Waals surface area contributed by atoms with Gasteiger partial charge in [0.05, 0.1) is 0 Å². The monoisotopic (exact) mass is 316 g/mol. The molecule has 4 rings (SSSR count). The van der Waals surface area contributed by atoms with Crippen LogP contribution in [0.4, 0.5) is 0 Å². The molecule has 0 radical (unpaired) electrons. The molecule has 0 N–H and O–H groups in total. The van der Waals surface area contributed by atoms with Gasteiger partial charge in [-0.3, -0.25) is 0 Å². The van der Waals surface area contributed by atoms with Crippen LogP contribution in [0.1, 0.15) is 24.0 Å². The number of hydrogen-bond donors (Lipinski definition) is 0. The highest BCUT2D eigenvalue weighted by atomic mass is 32.2. The molecule has 1 aromatic rings. The molecule has 0 amide bonds. The average molecular weight is 316 g/mol. The maximum Gasteiger partial charge on any atom is 0.112 e. The molecule has 3 unspecified atom stereocenters. The summed E-state index contributed by atoms with van der Waals surface area (Å²) in [6, 6.07) is 8.85. The van der Waals surface area contributed by atoms with Crippen LogP contribution in [0.5, 0.6) is 0 Å². The quantitative estimate of drug-likeness (QED) is 0.734. The largest absolute Gasteiger partial charge is 0.616 e. The lowest BCUT2D eigenvalue weighted by molar-refractivity contribution is 0.554. The van der Waals surface area contributed by atoms with Crippen LogP contribution in [-0.4, -0.2) is 21.3 Å². The molecule has 1 fully saturated rings. The van der Waals surface area contributed by atoms with E-state index in [0.717, 1.165) is 36.5 Å². The highest BCUT2D eigenvalue weighted by Gasteiger charge is 2.31. The van der Waals surface area contributed by atoms with Crippen LogP contribution < -0.4 is 0 Å². The minimum Gasteiger partial charge on any atom is -0.616 e. The van der Waals surface area contributed by atoms with E-state index < -0.39 is 11.2 Å². The Bertz CT molecular complexity index is 605. The van der Waals surface area contributed by atoms with Crippen molar-refractivity contribution in [3.05, 3.63) is 58.7 Å². The normalized spacial score (nSPS) is 31.8. The average Bonchev–Trinajstić information content (AvgIpc) is 2.54. The highest BCUT2D eigenvalue weighted by Crippen LogP contribution is 2.39. The third-order valence-corrected chi connectivity index (χ3v) is 7.61. The molecule has 2 heterocycles. The lowest BCUT2D eigenvalue weighted by Crippen LogP contribution is -2.29. The zero-order valence-corrected chi connectivity index (χ0v) is 13.7. The van der Waals surface area contributed by atoms with Crippen LogP contribution in [0.25, 0.3) is 0 Å². The van der Waals surface area contributed by atoms with Gasteiger partial charge < -0.3 is 4.55 Å². The molecular weight excluding hydrogens is 296 g/mol. The Morgan fingerprint density at radius 1 is 1.19 bits per heavy atom. The lowest BCUT2D eigenvalue weighted by Gasteiger charge is -2.32. The Hall–Kier alpha value is -0.640. The van der Waals surface area contributed by atoms with E-state index in [-0.39, 0.29) is 0 Å². The van der Waals surface area contributed by atoms with Gasteiger partial charge in [-0.05, 0) is 29.5 Å². The second-order valence-electron chi connectivity index (χ2n) is 6.19. The molecule has 1 nitrogen and oxygen atoms in total. The first-order chi connectivity index (χ1) is 10.3. The Morgan fingerprint density at radius 3 is 2.95 bits per heavy atom. The van der Waals surface area contributed by atoms with Gasteiger partial charge in [0.1, 0.15) is 11.5 Å². The lowest BCUT2D eigenvalue weighted by atomic mass is 9.85. The SMILES string of the molecule is [O-][S+]1CCC2=CC(C3Cc4ccccc4CS3)=CCC2C1. The van der Waals surface area contributed by atoms with Gasteiger partial charge in [0, 0.05) is 23.3 Å². The first kappa shape index (κ1) is 14.0. The summed E-state index contributed by atoms with van der Waals surface area (Å²) in [6.07, 6.45) is 8.17. The number of thioether (sulfide) groups is 1. The predicted molar refractivity (Wildman–Crippen MR) is 92.0 cm³/mol. The van der Waals surface area contributed by atoms with E-state index in [1.54, 1.807) is 5.57 Å². The first-order valence-corrected chi connectivity index (χ1v) is 10.3. The Morgan fingerprint density at radius 2 is 2.05 bits per heavy atom. The molecule has 3 heteroatoms. The highest BCUT2D eigenvalue weighted by molar-refractivity contribution is 7.99. The van der Waals surface area contributed by atoms with Crippen molar-refractivity contribution in [1.82, 2.24) is 0 Å². The van der Waals surface area contributed by atoms with Crippen molar-refractivity contribution in [3.63, 3.8) is 0 Å². The van der Waals surface area contributed by atoms with Crippen molar-refractivity contribution >= 4 is 22.9 Å². The fourth-order valence-electron chi connectivity index (χ4n) is 3.60. The van der Waals surface area contributed by atoms with Crippen molar-refractivity contribution in [2.45, 2.75) is 30.3 Å². The maximum absolute atomic E-state index is 11.7. The first-order valence-electron chi connectivity index (χ1n) is 7.73. The van der Waals surface area contributed by atoms with Crippen LogP contribution in [0.3, 0.4) is 0 Å². The molecule has 21 heavy (non-hydrogen) atoms. The Labute approximate surface area is 134 Å². The molecule has 1 saturated heterocycles. The summed E-state index contributed by atoms with van der Waals surface area (Å²) in [4.78, 5) is 0. The van der Waals surface area contributed by atoms with Gasteiger partial charge in [-0.2, -0.15) is 0 Å². The van der Waals surface area contributed by atoms with Gasteiger partial charge in [0.15, 0.2) is 0 Å². The minimum atomic E-state index is -0.580. The van der Waals surface area contributed by atoms with E-state index in [4.69, 9.17) is 0 Å². The number of benzene rings is 1. The minimum absolute atomic E-state index is 0.559. The molecule has 3 aliphatic rings. The zero-order chi connectivity index (χ0) is 14.2. The standard InChI is InChI=1S/C18H20OS2/c19-21-8-7-14-9-15(5-6-17(14)12-21)18-10-13-3-1-2-4-16(13)11-20-18/h1-5,9,17-18H,6-8,10-12H2. The number of rotatable bonds is 1. The molecule has 1 aliphatic carbocycles. The molecule has 3 atom stereocenters. The molecular formula is C18H20OS2. The van der Waals surface area contributed by atoms with E-state index in [1.165, 1.54) is 16.7 Å². The van der Waals surface area contributed by atoms with E-state index >= 15 is 0 Å². The fraction of sp³-hybridized carbons (Fsp3) is 0.444. The van der Waals surface area contributed by atoms with Crippen molar-refractivity contribution in [3.8, 4) is 0 Å². The van der Waals surface area contributed by atoms with Crippen LogP contribution in [-0.2, 0) is 23.3 Å². The Kier molecular flexibility index (Phi) is 3.91. The van der Waals surface area contributed by atoms with Crippen LogP contribution >= 0.6 is 11.8 Å². The molecule has 0 saturated carbocycles. The van der Waals surface area contributed by atoms with Gasteiger partial charge in [-0.1, -0.05) is 53.2 Å². The predicted octanol–water partition coefficient (Wildman–Crippen LogP) is 3.87. The molecule has 0 bridgehead atoms. The second-order valence-corrected chi connectivity index (χ2v) is 9.00. The van der Waals surface area contributed by atoms with E-state index in [2.05, 4.69) is 48.2 Å². The summed E-state index contributed by atoms with van der Waals surface area (Å²) < 4.78 is 11.7. The van der Waals surface area contributed by atoms with Crippen LogP contribution in [0, 0.1) is 5.92 Å². The third kappa shape index (κ3) is 2.84. The van der Waals surface area contributed by atoms with Crippen molar-refractivity contribution < 1.29 is 4.55 Å². The van der Waals surface area contributed by atoms with Crippen molar-refractivity contribution in [2.75, 3.05) is 11.5 Å². The zero-order valence-electron chi connectivity index (χ0n) is 12.1. The fourth-order valence-corrected chi connectivity index (χ4v) is 6.34. The third-order valence-electron chi connectivity index (χ3n) is 4.86. The number of allylic oxidation sites excluding steroid dienone is 3. The second kappa shape index (κ2) is 5.86. The van der Waals surface area contributed by atoms with Crippen LogP contribution in [0.15, 0.2) is 47.6 Å². The summed E-state index contributed by atoms with van der Waals surface area (Å²) >= 11 is 1.50. The van der Waals surface area contributed by atoms with Crippen LogP contribution in [0.2, 0.25) is 0 Å². The molecule has 0 aromatic heterocycles. The summed E-state index contributed by atoms with van der Waals surface area (Å²) in [5.41, 5.74) is 6.11. The topological polar surface area (TPSA) is 23.1 Å². The van der Waals surface area contributed by atoms with Crippen molar-refractivity contribution in [1.29, 1.82) is 0 Å². The summed E-state index contributed by atoms with van der Waals surface area (Å²) in [5.74, 6) is 3.45. The van der Waals surface area contributed by atoms with E-state index in [1.807, 2.05) is 0 Å². The molecule has 1 aromatic carbocycles. The van der Waals surface area contributed by atoms with Gasteiger partial charge in [0.2, 0.25) is 0 Å².